The van der Waals surface area contributed by atoms with Gasteiger partial charge in [0.2, 0.25) is 11.9 Å². The standard InChI is InChI=1S/C21H19BrN4O2S/c1-2-3-11-29-21-24-20(28)17-15-12-14(22)9-10-16(15)23-19(26(17)25-21)18(27)13-7-5-4-6-8-13/h4-10,12,19H,2-3,11H2,1H3,(H,24,25,28)/t19-/m0/s1. The number of benzene rings is 2. The zero-order valence-corrected chi connectivity index (χ0v) is 18.2. The fourth-order valence-electron chi connectivity index (χ4n) is 3.15. The summed E-state index contributed by atoms with van der Waals surface area (Å²) in [7, 11) is 0. The Morgan fingerprint density at radius 3 is 2.79 bits per heavy atom. The topological polar surface area (TPSA) is 74.1 Å². The van der Waals surface area contributed by atoms with Gasteiger partial charge in [0.25, 0.3) is 5.91 Å². The average Bonchev–Trinajstić information content (AvgIpc) is 2.73. The quantitative estimate of drug-likeness (QED) is 0.538. The van der Waals surface area contributed by atoms with Gasteiger partial charge in [-0.15, -0.1) is 5.10 Å². The second-order valence-electron chi connectivity index (χ2n) is 6.65. The number of amides is 1. The predicted molar refractivity (Wildman–Crippen MR) is 118 cm³/mol. The van der Waals surface area contributed by atoms with E-state index in [1.165, 1.54) is 16.8 Å². The van der Waals surface area contributed by atoms with E-state index in [0.29, 0.717) is 27.0 Å². The van der Waals surface area contributed by atoms with Crippen molar-refractivity contribution in [1.82, 2.24) is 10.3 Å². The zero-order chi connectivity index (χ0) is 20.4. The van der Waals surface area contributed by atoms with Crippen LogP contribution in [-0.4, -0.2) is 33.8 Å². The molecule has 0 aliphatic carbocycles. The lowest BCUT2D eigenvalue weighted by Gasteiger charge is -2.33. The molecule has 0 unspecified atom stereocenters. The molecule has 2 aliphatic rings. The molecule has 0 aromatic heterocycles. The second-order valence-corrected chi connectivity index (χ2v) is 8.65. The highest BCUT2D eigenvalue weighted by molar-refractivity contribution is 9.10. The minimum Gasteiger partial charge on any atom is -0.298 e. The number of nitrogens with one attached hydrogen (secondary N) is 1. The molecule has 2 aromatic carbocycles. The maximum Gasteiger partial charge on any atom is 0.276 e. The van der Waals surface area contributed by atoms with Crippen LogP contribution in [0.1, 0.15) is 30.1 Å². The molecule has 6 nitrogen and oxygen atoms in total. The molecule has 2 aromatic rings. The summed E-state index contributed by atoms with van der Waals surface area (Å²) >= 11 is 4.93. The van der Waals surface area contributed by atoms with Crippen molar-refractivity contribution in [3.05, 3.63) is 69.1 Å². The van der Waals surface area contributed by atoms with Crippen molar-refractivity contribution >= 4 is 50.2 Å². The van der Waals surface area contributed by atoms with E-state index in [1.54, 1.807) is 18.2 Å². The van der Waals surface area contributed by atoms with Crippen molar-refractivity contribution in [3.63, 3.8) is 0 Å². The van der Waals surface area contributed by atoms with Crippen LogP contribution in [0.4, 0.5) is 0 Å². The van der Waals surface area contributed by atoms with Gasteiger partial charge in [-0.25, -0.2) is 10.0 Å². The van der Waals surface area contributed by atoms with Crippen molar-refractivity contribution < 1.29 is 9.59 Å². The number of carbonyl (C=O) groups excluding carboxylic acids is 2. The summed E-state index contributed by atoms with van der Waals surface area (Å²) in [6, 6.07) is 14.4. The van der Waals surface area contributed by atoms with Crippen LogP contribution in [0.5, 0.6) is 0 Å². The Bertz CT molecular complexity index is 1120. The number of halogens is 1. The number of fused-ring (bicyclic) bond motifs is 2. The Labute approximate surface area is 180 Å². The zero-order valence-electron chi connectivity index (χ0n) is 15.8. The molecule has 29 heavy (non-hydrogen) atoms. The molecule has 2 heterocycles. The van der Waals surface area contributed by atoms with E-state index >= 15 is 0 Å². The summed E-state index contributed by atoms with van der Waals surface area (Å²) in [6.07, 6.45) is 1.15. The van der Waals surface area contributed by atoms with E-state index in [1.807, 2.05) is 30.3 Å². The molecule has 0 spiro atoms. The lowest BCUT2D eigenvalue weighted by atomic mass is 10.1. The number of unbranched alkanes of at least 4 members (excludes halogenated alkanes) is 1. The summed E-state index contributed by atoms with van der Waals surface area (Å²) < 4.78 is 0.826. The van der Waals surface area contributed by atoms with Gasteiger partial charge >= 0.3 is 0 Å². The number of rotatable bonds is 5. The molecule has 1 atom stereocenters. The minimum atomic E-state index is -0.922. The van der Waals surface area contributed by atoms with Gasteiger partial charge in [-0.1, -0.05) is 71.4 Å². The van der Waals surface area contributed by atoms with Gasteiger partial charge < -0.3 is 0 Å². The van der Waals surface area contributed by atoms with E-state index in [0.717, 1.165) is 23.1 Å². The molecule has 2 aliphatic heterocycles. The Hall–Kier alpha value is -2.45. The lowest BCUT2D eigenvalue weighted by molar-refractivity contribution is -0.115. The molecule has 148 valence electrons. The number of ketones is 1. The van der Waals surface area contributed by atoms with Crippen LogP contribution in [0.15, 0.2) is 63.1 Å². The van der Waals surface area contributed by atoms with Crippen LogP contribution in [0.2, 0.25) is 0 Å². The highest BCUT2D eigenvalue weighted by Gasteiger charge is 2.37. The molecule has 4 rings (SSSR count). The average molecular weight is 471 g/mol. The van der Waals surface area contributed by atoms with E-state index in [2.05, 4.69) is 38.3 Å². The molecule has 0 radical (unpaired) electrons. The normalized spacial score (nSPS) is 17.7. The highest BCUT2D eigenvalue weighted by atomic mass is 79.9. The fourth-order valence-corrected chi connectivity index (χ4v) is 4.45. The lowest BCUT2D eigenvalue weighted by Crippen LogP contribution is -2.54. The molecule has 1 amide bonds. The fraction of sp³-hybridized carbons (Fsp3) is 0.238. The van der Waals surface area contributed by atoms with Crippen LogP contribution < -0.4 is 15.9 Å². The Kier molecular flexibility index (Phi) is 5.82. The monoisotopic (exact) mass is 470 g/mol. The molecule has 1 N–H and O–H groups in total. The molecule has 0 saturated heterocycles. The number of Topliss-reactive ketones (excluding diaryl/α,β-unsaturated/α-hetero) is 1. The third kappa shape index (κ3) is 4.00. The second kappa shape index (κ2) is 8.51. The summed E-state index contributed by atoms with van der Waals surface area (Å²) in [5.41, 5.74) is 0.868. The summed E-state index contributed by atoms with van der Waals surface area (Å²) in [6.45, 7) is 2.11. The van der Waals surface area contributed by atoms with Crippen LogP contribution in [0.3, 0.4) is 0 Å². The number of hydrogen-bond acceptors (Lipinski definition) is 6. The maximum atomic E-state index is 13.2. The van der Waals surface area contributed by atoms with Gasteiger partial charge in [0, 0.05) is 21.0 Å². The molecule has 0 fully saturated rings. The van der Waals surface area contributed by atoms with Crippen LogP contribution in [0.25, 0.3) is 5.70 Å². The van der Waals surface area contributed by atoms with Crippen LogP contribution >= 0.6 is 27.7 Å². The van der Waals surface area contributed by atoms with Crippen LogP contribution in [-0.2, 0) is 4.79 Å². The maximum absolute atomic E-state index is 13.2. The Morgan fingerprint density at radius 2 is 2.03 bits per heavy atom. The van der Waals surface area contributed by atoms with Crippen molar-refractivity contribution in [2.75, 3.05) is 5.75 Å². The summed E-state index contributed by atoms with van der Waals surface area (Å²) in [4.78, 5) is 30.9. The van der Waals surface area contributed by atoms with E-state index < -0.39 is 6.17 Å². The largest absolute Gasteiger partial charge is 0.298 e. The first kappa shape index (κ1) is 19.8. The van der Waals surface area contributed by atoms with E-state index in [4.69, 9.17) is 0 Å². The predicted octanol–water partition coefficient (Wildman–Crippen LogP) is 2.64. The first-order chi connectivity index (χ1) is 14.1. The smallest absolute Gasteiger partial charge is 0.276 e. The van der Waals surface area contributed by atoms with E-state index in [-0.39, 0.29) is 11.7 Å². The first-order valence-corrected chi connectivity index (χ1v) is 11.2. The molecule has 0 bridgehead atoms. The van der Waals surface area contributed by atoms with Crippen molar-refractivity contribution in [1.29, 1.82) is 0 Å². The summed E-state index contributed by atoms with van der Waals surface area (Å²) in [5.74, 6) is 0.363. The van der Waals surface area contributed by atoms with E-state index in [9.17, 15) is 9.59 Å². The van der Waals surface area contributed by atoms with Crippen molar-refractivity contribution in [2.24, 2.45) is 10.1 Å². The van der Waals surface area contributed by atoms with Gasteiger partial charge in [0.05, 0.1) is 5.36 Å². The van der Waals surface area contributed by atoms with Crippen molar-refractivity contribution in [2.45, 2.75) is 25.9 Å². The number of hydrogen-bond donors (Lipinski definition) is 1. The SMILES string of the molecule is CCCCSC1=NN2C(=c3cc(Br)ccc3=N[C@@H]2C(=O)c2ccccc2)C(=O)N1. The molecule has 0 saturated carbocycles. The molecular weight excluding hydrogens is 452 g/mol. The van der Waals surface area contributed by atoms with Gasteiger partial charge in [0.15, 0.2) is 5.17 Å². The molecular formula is C21H19BrN4O2S. The Balaban J connectivity index is 1.83. The molecule has 8 heteroatoms. The number of hydrazone groups is 1. The van der Waals surface area contributed by atoms with Gasteiger partial charge in [-0.3, -0.25) is 14.9 Å². The number of amidine groups is 1. The minimum absolute atomic E-state index is 0.201. The van der Waals surface area contributed by atoms with Crippen molar-refractivity contribution in [3.8, 4) is 0 Å². The summed E-state index contributed by atoms with van der Waals surface area (Å²) in [5, 5.41) is 10.7. The highest BCUT2D eigenvalue weighted by Crippen LogP contribution is 2.23. The number of carbonyl (C=O) groups is 2. The van der Waals surface area contributed by atoms with Gasteiger partial charge in [-0.05, 0) is 24.6 Å². The first-order valence-electron chi connectivity index (χ1n) is 9.37. The van der Waals surface area contributed by atoms with Gasteiger partial charge in [-0.2, -0.15) is 0 Å². The third-order valence-electron chi connectivity index (χ3n) is 4.60. The third-order valence-corrected chi connectivity index (χ3v) is 6.04. The Morgan fingerprint density at radius 1 is 1.24 bits per heavy atom. The van der Waals surface area contributed by atoms with Gasteiger partial charge in [0.1, 0.15) is 5.70 Å². The number of thioether (sulfide) groups is 1. The van der Waals surface area contributed by atoms with Crippen LogP contribution in [0, 0.1) is 0 Å². The number of nitrogens with zero attached hydrogens (tertiary/aromatic N) is 3.